The number of piperidine rings is 1. The van der Waals surface area contributed by atoms with Crippen LogP contribution in [0.3, 0.4) is 0 Å². The number of sulfone groups is 1. The smallest absolute Gasteiger partial charge is 0.410 e. The number of fused-ring (bicyclic) bond motifs is 2. The van der Waals surface area contributed by atoms with Crippen molar-refractivity contribution >= 4 is 15.9 Å². The van der Waals surface area contributed by atoms with Crippen LogP contribution in [0.5, 0.6) is 5.75 Å². The molecule has 1 aromatic heterocycles. The molecule has 8 nitrogen and oxygen atoms in total. The van der Waals surface area contributed by atoms with Crippen molar-refractivity contribution in [2.45, 2.75) is 119 Å². The molecule has 188 valence electrons. The Morgan fingerprint density at radius 2 is 1.62 bits per heavy atom. The van der Waals surface area contributed by atoms with E-state index >= 15 is 0 Å². The molecule has 0 unspecified atom stereocenters. The number of hydrogen-bond donors (Lipinski definition) is 0. The van der Waals surface area contributed by atoms with E-state index in [2.05, 4.69) is 4.98 Å². The molecule has 2 saturated heterocycles. The monoisotopic (exact) mass is 492 g/mol. The molecule has 3 heterocycles. The Balaban J connectivity index is 1.09. The summed E-state index contributed by atoms with van der Waals surface area (Å²) in [4.78, 5) is 18.9. The van der Waals surface area contributed by atoms with Crippen molar-refractivity contribution in [3.8, 4) is 5.75 Å². The van der Waals surface area contributed by atoms with Gasteiger partial charge in [0.05, 0.1) is 24.0 Å². The van der Waals surface area contributed by atoms with Crippen LogP contribution in [-0.2, 0) is 19.3 Å². The lowest BCUT2D eigenvalue weighted by Gasteiger charge is -2.40. The van der Waals surface area contributed by atoms with Gasteiger partial charge in [-0.3, -0.25) is 0 Å². The number of hydrogen-bond acceptors (Lipinski definition) is 7. The first-order chi connectivity index (χ1) is 16.1. The third-order valence-electron chi connectivity index (χ3n) is 7.88. The quantitative estimate of drug-likeness (QED) is 0.588. The molecular formula is C25H36N2O6S. The fraction of sp³-hybridized carbons (Fsp3) is 0.760. The van der Waals surface area contributed by atoms with E-state index in [1.807, 2.05) is 11.8 Å². The Morgan fingerprint density at radius 3 is 2.18 bits per heavy atom. The summed E-state index contributed by atoms with van der Waals surface area (Å²) in [6.45, 7) is 3.80. The van der Waals surface area contributed by atoms with Gasteiger partial charge in [-0.2, -0.15) is 0 Å². The molecule has 0 spiro atoms. The summed E-state index contributed by atoms with van der Waals surface area (Å²) < 4.78 is 41.8. The van der Waals surface area contributed by atoms with Crippen molar-refractivity contribution in [3.05, 3.63) is 17.8 Å². The molecule has 0 N–H and O–H groups in total. The van der Waals surface area contributed by atoms with Crippen LogP contribution in [0.25, 0.3) is 0 Å². The summed E-state index contributed by atoms with van der Waals surface area (Å²) in [5.74, 6) is 0.646. The van der Waals surface area contributed by atoms with Crippen LogP contribution in [0.15, 0.2) is 17.2 Å². The van der Waals surface area contributed by atoms with Gasteiger partial charge >= 0.3 is 6.09 Å². The summed E-state index contributed by atoms with van der Waals surface area (Å²) in [5, 5.41) is 0.0736. The Labute approximate surface area is 202 Å². The molecule has 2 aliphatic carbocycles. The number of aryl methyl sites for hydroxylation is 1. The lowest BCUT2D eigenvalue weighted by Crippen LogP contribution is -2.50. The number of carbonyl (C=O) groups is 1. The molecule has 1 aromatic rings. The number of nitrogens with zero attached hydrogens (tertiary/aromatic N) is 2. The van der Waals surface area contributed by atoms with Crippen LogP contribution in [-0.4, -0.2) is 66.6 Å². The van der Waals surface area contributed by atoms with Gasteiger partial charge in [0, 0.05) is 18.3 Å². The minimum atomic E-state index is -3.33. The minimum Gasteiger partial charge on any atom is -0.489 e. The number of aromatic nitrogens is 1. The topological polar surface area (TPSA) is 95.0 Å². The number of pyridine rings is 1. The van der Waals surface area contributed by atoms with Crippen LogP contribution in [0.1, 0.15) is 76.8 Å². The molecule has 2 saturated carbocycles. The summed E-state index contributed by atoms with van der Waals surface area (Å²) >= 11 is 0. The summed E-state index contributed by atoms with van der Waals surface area (Å²) in [6, 6.07) is 3.69. The standard InChI is InChI=1S/C25H36N2O6S/c1-16-22(10-11-23(26-16)34(3,29)30)32-20-8-6-19(7-9-20)31-21-14-17-4-5-18(15-21)27(17)24(28)33-25(2)12-13-25/h10-11,17-21H,4-9,12-15H2,1-3H3/t17-,18-,19?,20?/m0/s1. The van der Waals surface area contributed by atoms with E-state index in [4.69, 9.17) is 14.2 Å². The molecule has 2 bridgehead atoms. The molecule has 4 aliphatic rings. The largest absolute Gasteiger partial charge is 0.489 e. The van der Waals surface area contributed by atoms with E-state index < -0.39 is 9.84 Å². The van der Waals surface area contributed by atoms with E-state index in [-0.39, 0.29) is 47.1 Å². The maximum atomic E-state index is 12.7. The Bertz CT molecular complexity index is 1020. The second-order valence-electron chi connectivity index (χ2n) is 10.9. The van der Waals surface area contributed by atoms with Crippen LogP contribution in [0.2, 0.25) is 0 Å². The first kappa shape index (κ1) is 23.9. The molecule has 2 atom stereocenters. The number of carbonyl (C=O) groups excluding carboxylic acids is 1. The predicted octanol–water partition coefficient (Wildman–Crippen LogP) is 4.18. The zero-order valence-electron chi connectivity index (χ0n) is 20.4. The van der Waals surface area contributed by atoms with E-state index in [0.29, 0.717) is 11.4 Å². The number of ether oxygens (including phenoxy) is 3. The van der Waals surface area contributed by atoms with Crippen molar-refractivity contribution < 1.29 is 27.4 Å². The highest BCUT2D eigenvalue weighted by Crippen LogP contribution is 2.43. The summed E-state index contributed by atoms with van der Waals surface area (Å²) in [6.07, 6.45) is 11.1. The molecular weight excluding hydrogens is 456 g/mol. The molecule has 0 radical (unpaired) electrons. The van der Waals surface area contributed by atoms with Crippen molar-refractivity contribution in [1.29, 1.82) is 0 Å². The molecule has 9 heteroatoms. The van der Waals surface area contributed by atoms with Gasteiger partial charge in [0.15, 0.2) is 14.9 Å². The molecule has 2 aliphatic heterocycles. The molecule has 1 amide bonds. The highest BCUT2D eigenvalue weighted by Gasteiger charge is 2.49. The van der Waals surface area contributed by atoms with E-state index in [9.17, 15) is 13.2 Å². The van der Waals surface area contributed by atoms with Gasteiger partial charge in [-0.05, 0) is 90.2 Å². The second kappa shape index (κ2) is 8.97. The van der Waals surface area contributed by atoms with Crippen LogP contribution < -0.4 is 4.74 Å². The Kier molecular flexibility index (Phi) is 6.29. The van der Waals surface area contributed by atoms with Gasteiger partial charge in [-0.1, -0.05) is 0 Å². The average molecular weight is 493 g/mol. The molecule has 0 aromatic carbocycles. The zero-order chi connectivity index (χ0) is 24.1. The van der Waals surface area contributed by atoms with Crippen molar-refractivity contribution in [3.63, 3.8) is 0 Å². The van der Waals surface area contributed by atoms with Crippen LogP contribution in [0.4, 0.5) is 4.79 Å². The Morgan fingerprint density at radius 1 is 1.00 bits per heavy atom. The zero-order valence-corrected chi connectivity index (χ0v) is 21.2. The third-order valence-corrected chi connectivity index (χ3v) is 8.87. The van der Waals surface area contributed by atoms with Crippen molar-refractivity contribution in [2.75, 3.05) is 6.26 Å². The highest BCUT2D eigenvalue weighted by molar-refractivity contribution is 7.90. The lowest BCUT2D eigenvalue weighted by molar-refractivity contribution is -0.0795. The average Bonchev–Trinajstić information content (AvgIpc) is 3.43. The van der Waals surface area contributed by atoms with Crippen molar-refractivity contribution in [1.82, 2.24) is 9.88 Å². The summed E-state index contributed by atoms with van der Waals surface area (Å²) in [5.41, 5.74) is 0.368. The summed E-state index contributed by atoms with van der Waals surface area (Å²) in [7, 11) is -3.33. The van der Waals surface area contributed by atoms with Gasteiger partial charge in [0.1, 0.15) is 11.4 Å². The van der Waals surface area contributed by atoms with Gasteiger partial charge in [-0.15, -0.1) is 0 Å². The van der Waals surface area contributed by atoms with Crippen LogP contribution in [0, 0.1) is 6.92 Å². The van der Waals surface area contributed by atoms with Gasteiger partial charge in [0.2, 0.25) is 0 Å². The lowest BCUT2D eigenvalue weighted by atomic mass is 9.93. The third kappa shape index (κ3) is 5.20. The number of amides is 1. The minimum absolute atomic E-state index is 0.0736. The maximum absolute atomic E-state index is 12.7. The first-order valence-corrected chi connectivity index (χ1v) is 14.5. The normalized spacial score (nSPS) is 32.3. The van der Waals surface area contributed by atoms with Crippen molar-refractivity contribution in [2.24, 2.45) is 0 Å². The SMILES string of the molecule is Cc1nc(S(C)(=O)=O)ccc1OC1CCC(OC2C[C@@H]3CC[C@@H](C2)N3C(=O)OC2(C)CC2)CC1. The molecule has 34 heavy (non-hydrogen) atoms. The number of rotatable bonds is 6. The van der Waals surface area contributed by atoms with Crippen LogP contribution >= 0.6 is 0 Å². The van der Waals surface area contributed by atoms with Gasteiger partial charge < -0.3 is 19.1 Å². The van der Waals surface area contributed by atoms with Gasteiger partial charge in [0.25, 0.3) is 0 Å². The predicted molar refractivity (Wildman–Crippen MR) is 126 cm³/mol. The highest BCUT2D eigenvalue weighted by atomic mass is 32.2. The fourth-order valence-corrected chi connectivity index (χ4v) is 6.29. The molecule has 5 rings (SSSR count). The van der Waals surface area contributed by atoms with E-state index in [1.54, 1.807) is 13.0 Å². The van der Waals surface area contributed by atoms with Gasteiger partial charge in [-0.25, -0.2) is 18.2 Å². The second-order valence-corrected chi connectivity index (χ2v) is 12.8. The van der Waals surface area contributed by atoms with E-state index in [1.165, 1.54) is 6.07 Å². The fourth-order valence-electron chi connectivity index (χ4n) is 5.67. The maximum Gasteiger partial charge on any atom is 0.410 e. The molecule has 4 fully saturated rings. The first-order valence-electron chi connectivity index (χ1n) is 12.6. The Hall–Kier alpha value is -1.87. The van der Waals surface area contributed by atoms with E-state index in [0.717, 1.165) is 70.5 Å².